The molecular weight excluding hydrogens is 368 g/mol. The molecule has 1 heterocycles. The van der Waals surface area contributed by atoms with Crippen molar-refractivity contribution in [2.24, 2.45) is 0 Å². The number of rotatable bonds is 7. The lowest BCUT2D eigenvalue weighted by atomic mass is 10.1. The monoisotopic (exact) mass is 391 g/mol. The van der Waals surface area contributed by atoms with Crippen LogP contribution in [0.3, 0.4) is 0 Å². The van der Waals surface area contributed by atoms with Crippen LogP contribution in [-0.4, -0.2) is 19.8 Å². The summed E-state index contributed by atoms with van der Waals surface area (Å²) in [7, 11) is 1.60. The number of nitrogens with one attached hydrogen (secondary N) is 1. The molecule has 0 spiro atoms. The summed E-state index contributed by atoms with van der Waals surface area (Å²) in [5.41, 5.74) is 2.70. The molecule has 0 bridgehead atoms. The second-order valence-corrected chi connectivity index (χ2v) is 6.74. The van der Waals surface area contributed by atoms with E-state index in [0.29, 0.717) is 18.0 Å². The Kier molecular flexibility index (Phi) is 5.63. The average molecular weight is 391 g/mol. The van der Waals surface area contributed by atoms with Crippen LogP contribution in [-0.2, 0) is 11.3 Å². The van der Waals surface area contributed by atoms with Crippen LogP contribution in [0.4, 0.5) is 5.69 Å². The highest BCUT2D eigenvalue weighted by atomic mass is 16.7. The topological polar surface area (TPSA) is 73.4 Å². The van der Waals surface area contributed by atoms with Gasteiger partial charge in [0.15, 0.2) is 17.5 Å². The van der Waals surface area contributed by atoms with Gasteiger partial charge in [-0.3, -0.25) is 4.79 Å². The van der Waals surface area contributed by atoms with E-state index in [4.69, 9.17) is 14.2 Å². The van der Waals surface area contributed by atoms with Crippen molar-refractivity contribution >= 4 is 11.6 Å². The molecule has 1 amide bonds. The lowest BCUT2D eigenvalue weighted by molar-refractivity contribution is -0.697. The summed E-state index contributed by atoms with van der Waals surface area (Å²) in [6, 6.07) is 22.6. The van der Waals surface area contributed by atoms with Crippen LogP contribution in [0.25, 0.3) is 0 Å². The first kappa shape index (κ1) is 18.8. The summed E-state index contributed by atoms with van der Waals surface area (Å²) < 4.78 is 16.1. The second kappa shape index (κ2) is 8.67. The molecule has 0 saturated heterocycles. The molecule has 0 radical (unpaired) electrons. The molecule has 4 rings (SSSR count). The molecule has 1 aliphatic heterocycles. The maximum absolute atomic E-state index is 13.1. The lowest BCUT2D eigenvalue weighted by Crippen LogP contribution is -2.85. The van der Waals surface area contributed by atoms with Gasteiger partial charge < -0.3 is 24.8 Å². The lowest BCUT2D eigenvalue weighted by Gasteiger charge is -2.16. The number of carbonyl (C=O) groups excluding carboxylic acids is 1. The van der Waals surface area contributed by atoms with E-state index in [-0.39, 0.29) is 12.7 Å². The molecule has 0 unspecified atom stereocenters. The van der Waals surface area contributed by atoms with Gasteiger partial charge in [0.05, 0.1) is 7.11 Å². The number of ether oxygens (including phenoxy) is 3. The van der Waals surface area contributed by atoms with E-state index in [0.717, 1.165) is 22.6 Å². The van der Waals surface area contributed by atoms with Crippen LogP contribution in [0.1, 0.15) is 17.2 Å². The Labute approximate surface area is 169 Å². The number of anilines is 1. The summed E-state index contributed by atoms with van der Waals surface area (Å²) in [6.45, 7) is 0.875. The molecular formula is C23H23N2O4+. The van der Waals surface area contributed by atoms with Crippen LogP contribution in [0.2, 0.25) is 0 Å². The van der Waals surface area contributed by atoms with E-state index in [1.807, 2.05) is 72.0 Å². The SMILES string of the molecule is COc1cccc(NC(=O)[C@@H]([NH2+]Cc2ccc3c(c2)OCO3)c2ccccc2)c1. The standard InChI is InChI=1S/C23H22N2O4/c1-27-19-9-5-8-18(13-19)25-23(26)22(17-6-3-2-4-7-17)24-14-16-10-11-20-21(12-16)29-15-28-20/h2-13,22,24H,14-15H2,1H3,(H,25,26)/p+1/t22-/m0/s1. The molecule has 3 aromatic carbocycles. The molecule has 6 nitrogen and oxygen atoms in total. The summed E-state index contributed by atoms with van der Waals surface area (Å²) in [6.07, 6.45) is 0. The minimum Gasteiger partial charge on any atom is -0.497 e. The Hall–Kier alpha value is -3.51. The number of hydrogen-bond acceptors (Lipinski definition) is 4. The number of benzene rings is 3. The number of carbonyl (C=O) groups is 1. The van der Waals surface area contributed by atoms with Crippen LogP contribution in [0, 0.1) is 0 Å². The first-order valence-corrected chi connectivity index (χ1v) is 9.44. The number of fused-ring (bicyclic) bond motifs is 1. The summed E-state index contributed by atoms with van der Waals surface area (Å²) in [4.78, 5) is 13.1. The molecule has 0 aliphatic carbocycles. The number of nitrogens with two attached hydrogens (primary N) is 1. The molecule has 0 saturated carbocycles. The van der Waals surface area contributed by atoms with Gasteiger partial charge in [-0.2, -0.15) is 0 Å². The van der Waals surface area contributed by atoms with E-state index in [1.165, 1.54) is 0 Å². The molecule has 148 valence electrons. The number of quaternary nitrogens is 1. The van der Waals surface area contributed by atoms with Crippen molar-refractivity contribution in [2.75, 3.05) is 19.2 Å². The molecule has 3 N–H and O–H groups in total. The quantitative estimate of drug-likeness (QED) is 0.650. The highest BCUT2D eigenvalue weighted by molar-refractivity contribution is 5.94. The Morgan fingerprint density at radius 1 is 1.03 bits per heavy atom. The van der Waals surface area contributed by atoms with Gasteiger partial charge in [-0.05, 0) is 30.3 Å². The largest absolute Gasteiger partial charge is 0.497 e. The first-order valence-electron chi connectivity index (χ1n) is 9.44. The predicted molar refractivity (Wildman–Crippen MR) is 109 cm³/mol. The Morgan fingerprint density at radius 2 is 1.86 bits per heavy atom. The van der Waals surface area contributed by atoms with Gasteiger partial charge in [-0.1, -0.05) is 36.4 Å². The Bertz CT molecular complexity index is 991. The fourth-order valence-electron chi connectivity index (χ4n) is 3.30. The highest BCUT2D eigenvalue weighted by Crippen LogP contribution is 2.32. The third-order valence-electron chi connectivity index (χ3n) is 4.80. The minimum atomic E-state index is -0.396. The maximum atomic E-state index is 13.1. The Balaban J connectivity index is 1.51. The summed E-state index contributed by atoms with van der Waals surface area (Å²) in [5, 5.41) is 5.01. The predicted octanol–water partition coefficient (Wildman–Crippen LogP) is 2.87. The molecule has 0 aromatic heterocycles. The van der Waals surface area contributed by atoms with E-state index in [9.17, 15) is 4.79 Å². The van der Waals surface area contributed by atoms with Crippen LogP contribution in [0.5, 0.6) is 17.2 Å². The fraction of sp³-hybridized carbons (Fsp3) is 0.174. The fourth-order valence-corrected chi connectivity index (χ4v) is 3.30. The van der Waals surface area contributed by atoms with Crippen molar-refractivity contribution in [2.45, 2.75) is 12.6 Å². The zero-order valence-electron chi connectivity index (χ0n) is 16.1. The van der Waals surface area contributed by atoms with Crippen molar-refractivity contribution in [3.05, 3.63) is 83.9 Å². The van der Waals surface area contributed by atoms with Gasteiger partial charge in [0.2, 0.25) is 6.79 Å². The Morgan fingerprint density at radius 3 is 2.69 bits per heavy atom. The van der Waals surface area contributed by atoms with Crippen molar-refractivity contribution in [3.63, 3.8) is 0 Å². The molecule has 0 fully saturated rings. The first-order chi connectivity index (χ1) is 14.2. The van der Waals surface area contributed by atoms with Crippen molar-refractivity contribution < 1.29 is 24.3 Å². The summed E-state index contributed by atoms with van der Waals surface area (Å²) >= 11 is 0. The van der Waals surface area contributed by atoms with E-state index in [1.54, 1.807) is 13.2 Å². The minimum absolute atomic E-state index is 0.0924. The molecule has 1 atom stereocenters. The molecule has 1 aliphatic rings. The summed E-state index contributed by atoms with van der Waals surface area (Å²) in [5.74, 6) is 2.10. The molecule has 3 aromatic rings. The third kappa shape index (κ3) is 4.50. The van der Waals surface area contributed by atoms with Crippen LogP contribution in [0.15, 0.2) is 72.8 Å². The van der Waals surface area contributed by atoms with Gasteiger partial charge in [0.25, 0.3) is 5.91 Å². The van der Waals surface area contributed by atoms with Gasteiger partial charge in [-0.15, -0.1) is 0 Å². The molecule has 29 heavy (non-hydrogen) atoms. The maximum Gasteiger partial charge on any atom is 0.287 e. The van der Waals surface area contributed by atoms with Crippen LogP contribution < -0.4 is 24.8 Å². The van der Waals surface area contributed by atoms with Crippen molar-refractivity contribution in [1.29, 1.82) is 0 Å². The van der Waals surface area contributed by atoms with Gasteiger partial charge >= 0.3 is 0 Å². The third-order valence-corrected chi connectivity index (χ3v) is 4.80. The van der Waals surface area contributed by atoms with Gasteiger partial charge in [-0.25, -0.2) is 0 Å². The van der Waals surface area contributed by atoms with Crippen molar-refractivity contribution in [3.8, 4) is 17.2 Å². The zero-order chi connectivity index (χ0) is 20.1. The molecule has 6 heteroatoms. The number of hydrogen-bond donors (Lipinski definition) is 2. The van der Waals surface area contributed by atoms with E-state index < -0.39 is 6.04 Å². The second-order valence-electron chi connectivity index (χ2n) is 6.74. The van der Waals surface area contributed by atoms with E-state index >= 15 is 0 Å². The smallest absolute Gasteiger partial charge is 0.287 e. The number of methoxy groups -OCH3 is 1. The zero-order valence-corrected chi connectivity index (χ0v) is 16.1. The normalized spacial score (nSPS) is 13.0. The van der Waals surface area contributed by atoms with Gasteiger partial charge in [0, 0.05) is 22.9 Å². The van der Waals surface area contributed by atoms with Gasteiger partial charge in [0.1, 0.15) is 12.3 Å². The van der Waals surface area contributed by atoms with Crippen LogP contribution >= 0.6 is 0 Å². The van der Waals surface area contributed by atoms with E-state index in [2.05, 4.69) is 5.32 Å². The van der Waals surface area contributed by atoms with Crippen molar-refractivity contribution in [1.82, 2.24) is 0 Å². The average Bonchev–Trinajstić information content (AvgIpc) is 3.23. The number of amides is 1. The highest BCUT2D eigenvalue weighted by Gasteiger charge is 2.24.